The minimum atomic E-state index is -1.78. The maximum absolute atomic E-state index is 13.5. The van der Waals surface area contributed by atoms with E-state index in [-0.39, 0.29) is 26.0 Å². The normalized spacial score (nSPS) is 12.8. The van der Waals surface area contributed by atoms with Gasteiger partial charge in [0.05, 0.1) is 6.42 Å². The summed E-state index contributed by atoms with van der Waals surface area (Å²) in [6.45, 7) is 7.22. The molecule has 0 saturated carbocycles. The van der Waals surface area contributed by atoms with E-state index in [2.05, 4.69) is 17.6 Å². The predicted octanol–water partition coefficient (Wildman–Crippen LogP) is 9.50. The Morgan fingerprint density at radius 1 is 0.755 bits per heavy atom. The van der Waals surface area contributed by atoms with Crippen LogP contribution in [0.2, 0.25) is 0 Å². The van der Waals surface area contributed by atoms with Crippen molar-refractivity contribution in [1.29, 1.82) is 0 Å². The fourth-order valence-corrected chi connectivity index (χ4v) is 5.02. The van der Waals surface area contributed by atoms with Gasteiger partial charge in [-0.2, -0.15) is 0 Å². The Morgan fingerprint density at radius 3 is 1.92 bits per heavy atom. The lowest BCUT2D eigenvalue weighted by atomic mass is 10.0. The van der Waals surface area contributed by atoms with Crippen molar-refractivity contribution in [2.45, 2.75) is 152 Å². The second-order valence-electron chi connectivity index (χ2n) is 13.2. The van der Waals surface area contributed by atoms with Crippen LogP contribution in [0.3, 0.4) is 0 Å². The average molecular weight is 752 g/mol. The largest absolute Gasteiger partial charge is 0.461 e. The molecule has 49 heavy (non-hydrogen) atoms. The molecule has 0 fully saturated rings. The number of ether oxygens (including phenoxy) is 4. The summed E-state index contributed by atoms with van der Waals surface area (Å²) in [7, 11) is 0. The van der Waals surface area contributed by atoms with Crippen molar-refractivity contribution in [2.75, 3.05) is 13.2 Å². The van der Waals surface area contributed by atoms with E-state index in [4.69, 9.17) is 53.8 Å². The molecule has 0 aliphatic carbocycles. The Bertz CT molecular complexity index is 1080. The monoisotopic (exact) mass is 750 g/mol. The first kappa shape index (κ1) is 44.6. The highest BCUT2D eigenvalue weighted by Gasteiger charge is 2.29. The summed E-state index contributed by atoms with van der Waals surface area (Å²) >= 11 is 17.2. The van der Waals surface area contributed by atoms with Crippen LogP contribution in [0.4, 0.5) is 9.59 Å². The second-order valence-corrected chi connectivity index (χ2v) is 15.7. The van der Waals surface area contributed by atoms with Gasteiger partial charge in [0, 0.05) is 6.54 Å². The molecule has 10 nitrogen and oxygen atoms in total. The number of alkyl halides is 3. The number of hydrogen-bond donors (Lipinski definition) is 2. The van der Waals surface area contributed by atoms with Gasteiger partial charge < -0.3 is 29.6 Å². The topological polar surface area (TPSA) is 129 Å². The molecular formula is C36H57Cl3N2O8. The van der Waals surface area contributed by atoms with E-state index < -0.39 is 52.3 Å². The number of benzene rings is 1. The molecule has 2 N–H and O–H groups in total. The van der Waals surface area contributed by atoms with Gasteiger partial charge in [0.2, 0.25) is 3.79 Å². The van der Waals surface area contributed by atoms with Gasteiger partial charge in [-0.05, 0) is 52.0 Å². The van der Waals surface area contributed by atoms with Crippen LogP contribution >= 0.6 is 34.8 Å². The van der Waals surface area contributed by atoms with Crippen LogP contribution in [-0.2, 0) is 35.1 Å². The van der Waals surface area contributed by atoms with E-state index in [0.29, 0.717) is 12.8 Å². The fraction of sp³-hybridized carbons (Fsp3) is 0.722. The fourth-order valence-electron chi connectivity index (χ4n) is 4.86. The Balaban J connectivity index is 2.81. The molecular weight excluding hydrogens is 695 g/mol. The summed E-state index contributed by atoms with van der Waals surface area (Å²) in [5.74, 6) is -1.42. The molecule has 0 aromatic heterocycles. The number of rotatable bonds is 24. The number of carbonyl (C=O) groups excluding carboxylic acids is 4. The summed E-state index contributed by atoms with van der Waals surface area (Å²) in [6.07, 6.45) is 11.0. The number of amides is 2. The van der Waals surface area contributed by atoms with Gasteiger partial charge in [0.1, 0.15) is 31.0 Å². The zero-order chi connectivity index (χ0) is 36.5. The first-order valence-electron chi connectivity index (χ1n) is 17.6. The molecule has 13 heteroatoms. The predicted molar refractivity (Wildman–Crippen MR) is 194 cm³/mol. The Labute approximate surface area is 307 Å². The van der Waals surface area contributed by atoms with Crippen molar-refractivity contribution in [1.82, 2.24) is 10.6 Å². The third-order valence-corrected chi connectivity index (χ3v) is 7.66. The summed E-state index contributed by atoms with van der Waals surface area (Å²) in [5, 5.41) is 5.22. The molecule has 1 rings (SSSR count). The highest BCUT2D eigenvalue weighted by molar-refractivity contribution is 6.67. The molecule has 2 atom stereocenters. The molecule has 0 unspecified atom stereocenters. The van der Waals surface area contributed by atoms with E-state index >= 15 is 0 Å². The molecule has 0 bridgehead atoms. The van der Waals surface area contributed by atoms with Crippen LogP contribution in [0.25, 0.3) is 0 Å². The lowest BCUT2D eigenvalue weighted by molar-refractivity contribution is -0.157. The summed E-state index contributed by atoms with van der Waals surface area (Å²) in [6, 6.07) is 8.00. The molecule has 0 saturated heterocycles. The van der Waals surface area contributed by atoms with E-state index in [1.54, 1.807) is 20.8 Å². The van der Waals surface area contributed by atoms with Crippen molar-refractivity contribution in [3.63, 3.8) is 0 Å². The van der Waals surface area contributed by atoms with Crippen LogP contribution in [0.15, 0.2) is 30.3 Å². The Kier molecular flexibility index (Phi) is 23.2. The summed E-state index contributed by atoms with van der Waals surface area (Å²) in [5.41, 5.74) is 0.113. The first-order chi connectivity index (χ1) is 23.2. The van der Waals surface area contributed by atoms with Gasteiger partial charge >= 0.3 is 24.1 Å². The highest BCUT2D eigenvalue weighted by Crippen LogP contribution is 2.26. The van der Waals surface area contributed by atoms with E-state index in [1.165, 1.54) is 44.9 Å². The van der Waals surface area contributed by atoms with Gasteiger partial charge in [0.25, 0.3) is 0 Å². The van der Waals surface area contributed by atoms with Gasteiger partial charge in [0.15, 0.2) is 0 Å². The number of halogens is 3. The van der Waals surface area contributed by atoms with Gasteiger partial charge in [-0.15, -0.1) is 0 Å². The van der Waals surface area contributed by atoms with Gasteiger partial charge in [-0.25, -0.2) is 14.4 Å². The summed E-state index contributed by atoms with van der Waals surface area (Å²) in [4.78, 5) is 50.8. The first-order valence-corrected chi connectivity index (χ1v) is 18.7. The van der Waals surface area contributed by atoms with E-state index in [1.807, 2.05) is 30.3 Å². The van der Waals surface area contributed by atoms with Crippen molar-refractivity contribution in [2.24, 2.45) is 0 Å². The van der Waals surface area contributed by atoms with Gasteiger partial charge in [-0.1, -0.05) is 136 Å². The molecule has 1 aromatic carbocycles. The third kappa shape index (κ3) is 26.1. The Hall–Kier alpha value is -2.43. The van der Waals surface area contributed by atoms with Crippen LogP contribution in [-0.4, -0.2) is 58.8 Å². The van der Waals surface area contributed by atoms with Crippen molar-refractivity contribution in [3.8, 4) is 0 Å². The molecule has 0 aliphatic heterocycles. The molecule has 0 spiro atoms. The number of hydrogen-bond acceptors (Lipinski definition) is 8. The maximum atomic E-state index is 13.5. The number of unbranched alkanes of at least 4 members (excludes halogenated alkanes) is 10. The van der Waals surface area contributed by atoms with Crippen molar-refractivity contribution < 1.29 is 38.1 Å². The second kappa shape index (κ2) is 25.5. The lowest BCUT2D eigenvalue weighted by Crippen LogP contribution is -2.44. The smallest absolute Gasteiger partial charge is 0.408 e. The SMILES string of the molecule is CCCCCCCCCCCCC[C@H](CC(=O)OCC(Cl)(Cl)Cl)OC(=O)[C@H](CCCNC(=O)OC(C)(C)C)NC(=O)OCc1ccccc1. The molecule has 280 valence electrons. The van der Waals surface area contributed by atoms with Crippen LogP contribution < -0.4 is 10.6 Å². The maximum Gasteiger partial charge on any atom is 0.408 e. The molecule has 2 amide bonds. The standard InChI is InChI=1S/C36H57Cl3N2O8/c1-5-6-7-8-9-10-11-12-13-14-18-22-29(25-31(42)47-27-36(37,38)39)48-32(43)30(23-19-24-40-33(44)49-35(2,3)4)41-34(45)46-26-28-20-16-15-17-21-28/h15-17,20-21,29-30H,5-14,18-19,22-27H2,1-4H3,(H,40,44)(H,41,45)/t29-,30+/m1/s1. The lowest BCUT2D eigenvalue weighted by Gasteiger charge is -2.23. The molecule has 1 aromatic rings. The van der Waals surface area contributed by atoms with E-state index in [9.17, 15) is 19.2 Å². The van der Waals surface area contributed by atoms with Gasteiger partial charge in [-0.3, -0.25) is 4.79 Å². The van der Waals surface area contributed by atoms with Crippen molar-refractivity contribution in [3.05, 3.63) is 35.9 Å². The van der Waals surface area contributed by atoms with Crippen LogP contribution in [0.1, 0.15) is 130 Å². The number of esters is 2. The molecule has 0 aliphatic rings. The minimum Gasteiger partial charge on any atom is -0.461 e. The summed E-state index contributed by atoms with van der Waals surface area (Å²) < 4.78 is 19.7. The third-order valence-electron chi connectivity index (χ3n) is 7.33. The molecule has 0 radical (unpaired) electrons. The number of carbonyl (C=O) groups is 4. The van der Waals surface area contributed by atoms with E-state index in [0.717, 1.165) is 31.2 Å². The van der Waals surface area contributed by atoms with Crippen molar-refractivity contribution >= 4 is 58.9 Å². The van der Waals surface area contributed by atoms with Crippen LogP contribution in [0, 0.1) is 0 Å². The number of nitrogens with one attached hydrogen (secondary N) is 2. The highest BCUT2D eigenvalue weighted by atomic mass is 35.6. The quantitative estimate of drug-likeness (QED) is 0.0463. The zero-order valence-corrected chi connectivity index (χ0v) is 31.9. The zero-order valence-electron chi connectivity index (χ0n) is 29.7. The Morgan fingerprint density at radius 2 is 1.35 bits per heavy atom. The number of alkyl carbamates (subject to hydrolysis) is 2. The van der Waals surface area contributed by atoms with Crippen LogP contribution in [0.5, 0.6) is 0 Å². The minimum absolute atomic E-state index is 0.00513. The molecule has 0 heterocycles. The average Bonchev–Trinajstić information content (AvgIpc) is 3.02.